The quantitative estimate of drug-likeness (QED) is 0.111. The Morgan fingerprint density at radius 2 is 1.52 bits per heavy atom. The Hall–Kier alpha value is -2.65. The smallest absolute Gasteiger partial charge is 0.321 e. The highest BCUT2D eigenvalue weighted by Crippen LogP contribution is 2.39. The third kappa shape index (κ3) is 8.47. The maximum absolute atomic E-state index is 14.5. The van der Waals surface area contributed by atoms with Crippen LogP contribution in [-0.2, 0) is 36.6 Å². The Morgan fingerprint density at radius 3 is 2.12 bits per heavy atom. The molecule has 2 amide bonds. The molecule has 1 heterocycles. The molecule has 2 aliphatic carbocycles. The predicted molar refractivity (Wildman–Crippen MR) is 160 cm³/mol. The average molecular weight is 599 g/mol. The van der Waals surface area contributed by atoms with Gasteiger partial charge in [-0.25, -0.2) is 4.79 Å². The number of carbonyl (C=O) groups excluding carboxylic acids is 2. The minimum atomic E-state index is -0.647. The number of amides is 2. The molecule has 2 aromatic carbocycles. The Morgan fingerprint density at radius 1 is 0.905 bits per heavy atom. The molecule has 3 fully saturated rings. The maximum Gasteiger partial charge on any atom is 0.321 e. The van der Waals surface area contributed by atoms with E-state index in [1.807, 2.05) is 58.3 Å². The highest BCUT2D eigenvalue weighted by Gasteiger charge is 2.53. The second-order valence-corrected chi connectivity index (χ2v) is 12.0. The molecule has 2 saturated carbocycles. The summed E-state index contributed by atoms with van der Waals surface area (Å²) in [6.45, 7) is 2.19. The van der Waals surface area contributed by atoms with Crippen LogP contribution in [0.4, 0.5) is 4.79 Å². The van der Waals surface area contributed by atoms with Gasteiger partial charge in [-0.1, -0.05) is 60.7 Å². The molecule has 4 atom stereocenters. The van der Waals surface area contributed by atoms with Gasteiger partial charge in [-0.2, -0.15) is 0 Å². The first-order chi connectivity index (χ1) is 20.6. The molecule has 42 heavy (non-hydrogen) atoms. The number of ether oxygens (including phenoxy) is 4. The van der Waals surface area contributed by atoms with Crippen molar-refractivity contribution in [3.8, 4) is 0 Å². The van der Waals surface area contributed by atoms with Crippen molar-refractivity contribution >= 4 is 23.6 Å². The zero-order valence-corrected chi connectivity index (χ0v) is 25.2. The van der Waals surface area contributed by atoms with Crippen LogP contribution in [0.15, 0.2) is 60.7 Å². The van der Waals surface area contributed by atoms with Crippen LogP contribution in [0.2, 0.25) is 0 Å². The lowest BCUT2D eigenvalue weighted by molar-refractivity contribution is -0.177. The van der Waals surface area contributed by atoms with Gasteiger partial charge in [0.15, 0.2) is 0 Å². The first-order valence-corrected chi connectivity index (χ1v) is 15.7. The fourth-order valence-electron chi connectivity index (χ4n) is 5.90. The van der Waals surface area contributed by atoms with Gasteiger partial charge in [0.25, 0.3) is 0 Å². The number of carbonyl (C=O) groups is 2. The number of hydrogen-bond acceptors (Lipinski definition) is 6. The second kappa shape index (κ2) is 15.2. The number of urea groups is 1. The van der Waals surface area contributed by atoms with E-state index in [2.05, 4.69) is 12.1 Å². The van der Waals surface area contributed by atoms with Gasteiger partial charge < -0.3 is 28.7 Å². The molecule has 1 saturated heterocycles. The number of methoxy groups -OCH3 is 1. The Kier molecular flexibility index (Phi) is 11.1. The van der Waals surface area contributed by atoms with Crippen molar-refractivity contribution < 1.29 is 28.5 Å². The fraction of sp³-hybridized carbons (Fsp3) is 0.576. The van der Waals surface area contributed by atoms with E-state index in [-0.39, 0.29) is 24.7 Å². The van der Waals surface area contributed by atoms with Gasteiger partial charge in [0, 0.05) is 26.6 Å². The van der Waals surface area contributed by atoms with Crippen molar-refractivity contribution in [2.24, 2.45) is 11.8 Å². The second-order valence-electron chi connectivity index (χ2n) is 11.7. The van der Waals surface area contributed by atoms with Gasteiger partial charge in [0.05, 0.1) is 25.3 Å². The minimum absolute atomic E-state index is 0.000124. The molecule has 9 heteroatoms. The zero-order chi connectivity index (χ0) is 29.3. The Balaban J connectivity index is 1.54. The van der Waals surface area contributed by atoms with E-state index in [1.54, 1.807) is 7.11 Å². The van der Waals surface area contributed by atoms with Crippen LogP contribution < -0.4 is 0 Å². The molecule has 2 aromatic rings. The van der Waals surface area contributed by atoms with Crippen LogP contribution in [0, 0.1) is 11.8 Å². The van der Waals surface area contributed by atoms with Gasteiger partial charge >= 0.3 is 12.0 Å². The highest BCUT2D eigenvalue weighted by atomic mass is 35.5. The summed E-state index contributed by atoms with van der Waals surface area (Å²) in [6.07, 6.45) is 4.37. The first kappa shape index (κ1) is 30.8. The van der Waals surface area contributed by atoms with Crippen molar-refractivity contribution in [1.82, 2.24) is 9.80 Å². The number of hydrogen-bond donors (Lipinski definition) is 0. The molecule has 0 spiro atoms. The SMILES string of the molecule is COCCOCO[C@@H]1[C@@H]([C@H](Cc2ccccc2)OC(=O)CCl)N(CC2CC2)C(=O)N(CC2CC2)[C@@H]1Cc1ccccc1. The number of benzene rings is 2. The van der Waals surface area contributed by atoms with Crippen LogP contribution in [0.25, 0.3) is 0 Å². The zero-order valence-electron chi connectivity index (χ0n) is 24.4. The van der Waals surface area contributed by atoms with Crippen molar-refractivity contribution in [3.63, 3.8) is 0 Å². The Bertz CT molecular complexity index is 1130. The molecular formula is C33H43ClN2O6. The van der Waals surface area contributed by atoms with E-state index >= 15 is 0 Å². The predicted octanol–water partition coefficient (Wildman–Crippen LogP) is 4.92. The molecule has 0 radical (unpaired) electrons. The molecular weight excluding hydrogens is 556 g/mol. The van der Waals surface area contributed by atoms with Gasteiger partial charge in [0.2, 0.25) is 0 Å². The molecule has 0 unspecified atom stereocenters. The lowest BCUT2D eigenvalue weighted by atomic mass is 9.86. The highest BCUT2D eigenvalue weighted by molar-refractivity contribution is 6.26. The van der Waals surface area contributed by atoms with Crippen molar-refractivity contribution in [3.05, 3.63) is 71.8 Å². The summed E-state index contributed by atoms with van der Waals surface area (Å²) in [5.74, 6) is 0.164. The van der Waals surface area contributed by atoms with Crippen LogP contribution >= 0.6 is 11.6 Å². The van der Waals surface area contributed by atoms with E-state index in [1.165, 1.54) is 0 Å². The first-order valence-electron chi connectivity index (χ1n) is 15.2. The minimum Gasteiger partial charge on any atom is -0.459 e. The number of alkyl halides is 1. The standard InChI is InChI=1S/C33H43ClN2O6/c1-39-16-17-40-23-41-32-28(18-24-8-4-2-5-9-24)35(21-26-12-13-26)33(38)36(22-27-14-15-27)31(32)29(42-30(37)20-34)19-25-10-6-3-7-11-25/h2-11,26-29,31-32H,12-23H2,1H3/t28-,29+,31-,32+/m1/s1. The van der Waals surface area contributed by atoms with E-state index in [9.17, 15) is 9.59 Å². The van der Waals surface area contributed by atoms with E-state index in [0.717, 1.165) is 36.8 Å². The van der Waals surface area contributed by atoms with Gasteiger partial charge in [-0.15, -0.1) is 11.6 Å². The van der Waals surface area contributed by atoms with E-state index < -0.39 is 24.2 Å². The third-order valence-electron chi connectivity index (χ3n) is 8.39. The summed E-state index contributed by atoms with van der Waals surface area (Å²) in [4.78, 5) is 31.3. The number of esters is 1. The molecule has 228 valence electrons. The molecule has 8 nitrogen and oxygen atoms in total. The van der Waals surface area contributed by atoms with Gasteiger partial charge in [-0.3, -0.25) is 4.79 Å². The normalized spacial score (nSPS) is 23.2. The summed E-state index contributed by atoms with van der Waals surface area (Å²) >= 11 is 5.96. The lowest BCUT2D eigenvalue weighted by Crippen LogP contribution is -2.71. The van der Waals surface area contributed by atoms with Crippen molar-refractivity contribution in [2.75, 3.05) is 46.1 Å². The topological polar surface area (TPSA) is 77.5 Å². The largest absolute Gasteiger partial charge is 0.459 e. The van der Waals surface area contributed by atoms with Gasteiger partial charge in [-0.05, 0) is 55.1 Å². The summed E-state index contributed by atoms with van der Waals surface area (Å²) in [7, 11) is 1.63. The molecule has 1 aliphatic heterocycles. The van der Waals surface area contributed by atoms with Crippen LogP contribution in [0.1, 0.15) is 36.8 Å². The van der Waals surface area contributed by atoms with Crippen LogP contribution in [-0.4, -0.2) is 92.2 Å². The monoisotopic (exact) mass is 598 g/mol. The van der Waals surface area contributed by atoms with Crippen molar-refractivity contribution in [1.29, 1.82) is 0 Å². The number of rotatable bonds is 17. The molecule has 0 bridgehead atoms. The summed E-state index contributed by atoms with van der Waals surface area (Å²) in [5, 5.41) is 0. The van der Waals surface area contributed by atoms with E-state index in [4.69, 9.17) is 30.5 Å². The van der Waals surface area contributed by atoms with Crippen LogP contribution in [0.5, 0.6) is 0 Å². The van der Waals surface area contributed by atoms with Gasteiger partial charge in [0.1, 0.15) is 24.9 Å². The third-order valence-corrected chi connectivity index (χ3v) is 8.61. The van der Waals surface area contributed by atoms with E-state index in [0.29, 0.717) is 51.0 Å². The molecule has 0 N–H and O–H groups in total. The fourth-order valence-corrected chi connectivity index (χ4v) is 5.96. The van der Waals surface area contributed by atoms with Crippen LogP contribution in [0.3, 0.4) is 0 Å². The summed E-state index contributed by atoms with van der Waals surface area (Å²) in [5.41, 5.74) is 2.13. The molecule has 3 aliphatic rings. The van der Waals surface area contributed by atoms with Crippen molar-refractivity contribution in [2.45, 2.75) is 62.8 Å². The Labute approximate surface area is 254 Å². The molecule has 0 aromatic heterocycles. The summed E-state index contributed by atoms with van der Waals surface area (Å²) < 4.78 is 23.7. The summed E-state index contributed by atoms with van der Waals surface area (Å²) in [6, 6.07) is 19.4. The number of nitrogens with zero attached hydrogens (tertiary/aromatic N) is 2. The lowest BCUT2D eigenvalue weighted by Gasteiger charge is -2.52. The molecule has 5 rings (SSSR count). The number of halogens is 1. The average Bonchev–Trinajstić information content (AvgIpc) is 3.94. The maximum atomic E-state index is 14.5.